The second-order valence-corrected chi connectivity index (χ2v) is 7.08. The Morgan fingerprint density at radius 1 is 1.29 bits per heavy atom. The number of fused-ring (bicyclic) bond motifs is 1. The van der Waals surface area contributed by atoms with Crippen LogP contribution in [0.5, 0.6) is 0 Å². The van der Waals surface area contributed by atoms with Crippen molar-refractivity contribution in [2.24, 2.45) is 5.92 Å². The highest BCUT2D eigenvalue weighted by Crippen LogP contribution is 2.34. The second kappa shape index (κ2) is 5.97. The fraction of sp³-hybridized carbons (Fsp3) is 0.562. The van der Waals surface area contributed by atoms with Gasteiger partial charge in [0, 0.05) is 36.8 Å². The molecule has 1 saturated carbocycles. The molecular formula is C16H22BrN3O. The van der Waals surface area contributed by atoms with Gasteiger partial charge in [0.2, 0.25) is 0 Å². The van der Waals surface area contributed by atoms with E-state index in [-0.39, 0.29) is 0 Å². The van der Waals surface area contributed by atoms with Crippen molar-refractivity contribution in [2.45, 2.75) is 31.7 Å². The van der Waals surface area contributed by atoms with E-state index in [1.165, 1.54) is 5.39 Å². The minimum atomic E-state index is 0.326. The summed E-state index contributed by atoms with van der Waals surface area (Å²) in [5, 5.41) is 15.2. The van der Waals surface area contributed by atoms with Gasteiger partial charge in [-0.15, -0.1) is 0 Å². The average Bonchev–Trinajstić information content (AvgIpc) is 2.89. The van der Waals surface area contributed by atoms with Crippen LogP contribution in [-0.2, 0) is 0 Å². The molecule has 1 heterocycles. The van der Waals surface area contributed by atoms with Crippen LogP contribution in [-0.4, -0.2) is 35.6 Å². The summed E-state index contributed by atoms with van der Waals surface area (Å²) in [4.78, 5) is 2.09. The third-order valence-corrected chi connectivity index (χ3v) is 5.16. The van der Waals surface area contributed by atoms with E-state index in [0.717, 1.165) is 41.4 Å². The van der Waals surface area contributed by atoms with Crippen molar-refractivity contribution >= 4 is 32.5 Å². The Morgan fingerprint density at radius 3 is 2.62 bits per heavy atom. The monoisotopic (exact) mass is 351 g/mol. The minimum absolute atomic E-state index is 0.326. The molecule has 5 heteroatoms. The summed E-state index contributed by atoms with van der Waals surface area (Å²) < 4.78 is 3.23. The SMILES string of the molecule is CN(C)c1cc2nn(C3CCC(CO)CC3)cc2cc1Br. The van der Waals surface area contributed by atoms with Crippen molar-refractivity contribution in [3.63, 3.8) is 0 Å². The second-order valence-electron chi connectivity index (χ2n) is 6.22. The Kier molecular flexibility index (Phi) is 4.22. The zero-order valence-corrected chi connectivity index (χ0v) is 14.2. The number of benzene rings is 1. The van der Waals surface area contributed by atoms with Crippen LogP contribution in [0, 0.1) is 5.92 Å². The molecule has 1 aromatic carbocycles. The summed E-state index contributed by atoms with van der Waals surface area (Å²) in [6.45, 7) is 0.326. The number of hydrogen-bond acceptors (Lipinski definition) is 3. The summed E-state index contributed by atoms with van der Waals surface area (Å²) in [7, 11) is 4.08. The Bertz CT molecular complexity index is 630. The first-order valence-corrected chi connectivity index (χ1v) is 8.34. The third kappa shape index (κ3) is 2.94. The summed E-state index contributed by atoms with van der Waals surface area (Å²) >= 11 is 3.63. The number of aromatic nitrogens is 2. The maximum Gasteiger partial charge on any atom is 0.0944 e. The molecule has 0 aliphatic heterocycles. The first-order valence-electron chi connectivity index (χ1n) is 7.55. The van der Waals surface area contributed by atoms with Crippen LogP contribution in [0.15, 0.2) is 22.8 Å². The predicted molar refractivity (Wildman–Crippen MR) is 89.8 cm³/mol. The van der Waals surface area contributed by atoms with Crippen LogP contribution in [0.3, 0.4) is 0 Å². The molecule has 2 aromatic rings. The molecule has 0 atom stereocenters. The van der Waals surface area contributed by atoms with Gasteiger partial charge in [0.15, 0.2) is 0 Å². The Hall–Kier alpha value is -1.07. The molecule has 1 fully saturated rings. The first kappa shape index (κ1) is 14.9. The van der Waals surface area contributed by atoms with Gasteiger partial charge in [-0.3, -0.25) is 4.68 Å². The number of nitrogens with zero attached hydrogens (tertiary/aromatic N) is 3. The van der Waals surface area contributed by atoms with Gasteiger partial charge < -0.3 is 10.0 Å². The quantitative estimate of drug-likeness (QED) is 0.918. The molecule has 3 rings (SSSR count). The van der Waals surface area contributed by atoms with E-state index < -0.39 is 0 Å². The van der Waals surface area contributed by atoms with Crippen molar-refractivity contribution in [1.82, 2.24) is 9.78 Å². The normalized spacial score (nSPS) is 22.7. The van der Waals surface area contributed by atoms with Gasteiger partial charge in [0.05, 0.1) is 17.2 Å². The Balaban J connectivity index is 1.88. The lowest BCUT2D eigenvalue weighted by Gasteiger charge is -2.27. The third-order valence-electron chi connectivity index (χ3n) is 4.52. The van der Waals surface area contributed by atoms with E-state index in [2.05, 4.69) is 43.8 Å². The van der Waals surface area contributed by atoms with E-state index in [1.54, 1.807) is 0 Å². The standard InChI is InChI=1S/C16H22BrN3O/c1-19(2)16-8-15-12(7-14(16)17)9-20(18-15)13-5-3-11(10-21)4-6-13/h7-9,11,13,21H,3-6,10H2,1-2H3. The number of anilines is 1. The number of aliphatic hydroxyl groups excluding tert-OH is 1. The van der Waals surface area contributed by atoms with Crippen LogP contribution in [0.25, 0.3) is 10.9 Å². The highest BCUT2D eigenvalue weighted by molar-refractivity contribution is 9.10. The highest BCUT2D eigenvalue weighted by Gasteiger charge is 2.22. The maximum absolute atomic E-state index is 9.24. The molecule has 1 aromatic heterocycles. The largest absolute Gasteiger partial charge is 0.396 e. The van der Waals surface area contributed by atoms with Crippen molar-refractivity contribution in [3.05, 3.63) is 22.8 Å². The molecule has 0 amide bonds. The molecule has 4 nitrogen and oxygen atoms in total. The average molecular weight is 352 g/mol. The Labute approximate surface area is 133 Å². The molecule has 0 bridgehead atoms. The van der Waals surface area contributed by atoms with Crippen LogP contribution >= 0.6 is 15.9 Å². The van der Waals surface area contributed by atoms with Gasteiger partial charge in [0.1, 0.15) is 0 Å². The van der Waals surface area contributed by atoms with Crippen LogP contribution < -0.4 is 4.90 Å². The molecule has 114 valence electrons. The van der Waals surface area contributed by atoms with Crippen molar-refractivity contribution in [3.8, 4) is 0 Å². The number of hydrogen-bond donors (Lipinski definition) is 1. The summed E-state index contributed by atoms with van der Waals surface area (Å²) in [6, 6.07) is 4.75. The zero-order valence-electron chi connectivity index (χ0n) is 12.6. The highest BCUT2D eigenvalue weighted by atomic mass is 79.9. The summed E-state index contributed by atoms with van der Waals surface area (Å²) in [6.07, 6.45) is 6.58. The lowest BCUT2D eigenvalue weighted by Crippen LogP contribution is -2.20. The van der Waals surface area contributed by atoms with E-state index in [1.807, 2.05) is 14.1 Å². The molecule has 1 aliphatic rings. The molecule has 1 aliphatic carbocycles. The van der Waals surface area contributed by atoms with Crippen LogP contribution in [0.1, 0.15) is 31.7 Å². The number of aliphatic hydroxyl groups is 1. The van der Waals surface area contributed by atoms with Gasteiger partial charge in [-0.05, 0) is 59.7 Å². The first-order chi connectivity index (χ1) is 10.1. The number of halogens is 1. The zero-order chi connectivity index (χ0) is 15.0. The molecular weight excluding hydrogens is 330 g/mol. The van der Waals surface area contributed by atoms with E-state index in [0.29, 0.717) is 18.6 Å². The number of rotatable bonds is 3. The smallest absolute Gasteiger partial charge is 0.0944 e. The van der Waals surface area contributed by atoms with Gasteiger partial charge in [-0.2, -0.15) is 5.10 Å². The molecule has 21 heavy (non-hydrogen) atoms. The van der Waals surface area contributed by atoms with Gasteiger partial charge >= 0.3 is 0 Å². The van der Waals surface area contributed by atoms with Crippen LogP contribution in [0.2, 0.25) is 0 Å². The Morgan fingerprint density at radius 2 is 2.00 bits per heavy atom. The van der Waals surface area contributed by atoms with E-state index >= 15 is 0 Å². The molecule has 1 N–H and O–H groups in total. The van der Waals surface area contributed by atoms with Gasteiger partial charge in [-0.25, -0.2) is 0 Å². The van der Waals surface area contributed by atoms with Crippen molar-refractivity contribution < 1.29 is 5.11 Å². The van der Waals surface area contributed by atoms with E-state index in [4.69, 9.17) is 5.10 Å². The lowest BCUT2D eigenvalue weighted by atomic mass is 9.87. The molecule has 0 spiro atoms. The summed E-state index contributed by atoms with van der Waals surface area (Å²) in [5.41, 5.74) is 2.20. The van der Waals surface area contributed by atoms with Crippen molar-refractivity contribution in [2.75, 3.05) is 25.6 Å². The van der Waals surface area contributed by atoms with Gasteiger partial charge in [-0.1, -0.05) is 0 Å². The van der Waals surface area contributed by atoms with E-state index in [9.17, 15) is 5.11 Å². The fourth-order valence-corrected chi connectivity index (χ4v) is 3.89. The topological polar surface area (TPSA) is 41.3 Å². The fourth-order valence-electron chi connectivity index (χ4n) is 3.17. The van der Waals surface area contributed by atoms with Crippen LogP contribution in [0.4, 0.5) is 5.69 Å². The molecule has 0 radical (unpaired) electrons. The molecule has 0 unspecified atom stereocenters. The van der Waals surface area contributed by atoms with Gasteiger partial charge in [0.25, 0.3) is 0 Å². The van der Waals surface area contributed by atoms with Crippen molar-refractivity contribution in [1.29, 1.82) is 0 Å². The predicted octanol–water partition coefficient (Wildman–Crippen LogP) is 3.59. The lowest BCUT2D eigenvalue weighted by molar-refractivity contribution is 0.165. The maximum atomic E-state index is 9.24. The molecule has 0 saturated heterocycles. The minimum Gasteiger partial charge on any atom is -0.396 e. The summed E-state index contributed by atoms with van der Waals surface area (Å²) in [5.74, 6) is 0.487.